The van der Waals surface area contributed by atoms with E-state index in [-0.39, 0.29) is 16.7 Å². The largest absolute Gasteiger partial charge is 0.400 e. The Labute approximate surface area is 194 Å². The lowest BCUT2D eigenvalue weighted by molar-refractivity contribution is -0.118. The maximum absolute atomic E-state index is 13.5. The molecular formula is C25H30N3O4P. The molecule has 5 rings (SSSR count). The van der Waals surface area contributed by atoms with Crippen LogP contribution in [0.4, 0.5) is 5.69 Å². The van der Waals surface area contributed by atoms with Crippen LogP contribution in [0.5, 0.6) is 0 Å². The van der Waals surface area contributed by atoms with Crippen molar-refractivity contribution in [2.75, 3.05) is 25.1 Å². The summed E-state index contributed by atoms with van der Waals surface area (Å²) in [6.07, 6.45) is 3.59. The Bertz CT molecular complexity index is 1210. The zero-order valence-electron chi connectivity index (χ0n) is 19.1. The minimum absolute atomic E-state index is 0.0460. The van der Waals surface area contributed by atoms with E-state index in [9.17, 15) is 14.4 Å². The first kappa shape index (κ1) is 23.4. The minimum atomic E-state index is -1.46. The highest BCUT2D eigenvalue weighted by atomic mass is 31.1. The highest BCUT2D eigenvalue weighted by Crippen LogP contribution is 2.51. The van der Waals surface area contributed by atoms with Gasteiger partial charge in [-0.05, 0) is 43.0 Å². The molecule has 174 valence electrons. The van der Waals surface area contributed by atoms with Crippen LogP contribution in [0.15, 0.2) is 53.3 Å². The molecule has 0 radical (unpaired) electrons. The Balaban J connectivity index is 0.00000126. The lowest BCUT2D eigenvalue weighted by Gasteiger charge is -2.28. The number of anilines is 1. The summed E-state index contributed by atoms with van der Waals surface area (Å²) in [7, 11) is 1.30. The predicted octanol–water partition coefficient (Wildman–Crippen LogP) is 3.62. The fraction of sp³-hybridized carbons (Fsp3) is 0.400. The van der Waals surface area contributed by atoms with Gasteiger partial charge in [0.25, 0.3) is 0 Å². The van der Waals surface area contributed by atoms with E-state index in [0.717, 1.165) is 42.5 Å². The Morgan fingerprint density at radius 3 is 2.36 bits per heavy atom. The number of benzene rings is 2. The molecule has 2 atom stereocenters. The van der Waals surface area contributed by atoms with Crippen molar-refractivity contribution >= 4 is 35.7 Å². The van der Waals surface area contributed by atoms with Crippen LogP contribution >= 0.6 is 7.92 Å². The summed E-state index contributed by atoms with van der Waals surface area (Å²) in [6, 6.07) is 15.2. The van der Waals surface area contributed by atoms with E-state index < -0.39 is 14.0 Å². The maximum Gasteiger partial charge on any atom is 0.329 e. The van der Waals surface area contributed by atoms with Crippen LogP contribution in [0, 0.1) is 0 Å². The summed E-state index contributed by atoms with van der Waals surface area (Å²) < 4.78 is 3.27. The SMILES string of the molecule is CO.Cn1c(=O)n(C2CCC(=O)P(Cc3ccccc3)C2=O)c2ccc(N3CCCC3)cc21. The van der Waals surface area contributed by atoms with Crippen molar-refractivity contribution in [3.05, 3.63) is 64.6 Å². The average molecular weight is 468 g/mol. The number of aliphatic hydroxyl groups is 1. The first-order chi connectivity index (χ1) is 16.0. The van der Waals surface area contributed by atoms with Gasteiger partial charge >= 0.3 is 5.69 Å². The van der Waals surface area contributed by atoms with Gasteiger partial charge < -0.3 is 10.0 Å². The van der Waals surface area contributed by atoms with Crippen LogP contribution in [0.1, 0.15) is 37.3 Å². The Hall–Kier alpha value is -2.76. The number of hydrogen-bond donors (Lipinski definition) is 1. The van der Waals surface area contributed by atoms with Crippen LogP contribution in [0.3, 0.4) is 0 Å². The lowest BCUT2D eigenvalue weighted by Crippen LogP contribution is -2.33. The van der Waals surface area contributed by atoms with Crippen molar-refractivity contribution in [1.29, 1.82) is 0 Å². The monoisotopic (exact) mass is 467 g/mol. The number of hydrogen-bond acceptors (Lipinski definition) is 5. The van der Waals surface area contributed by atoms with Gasteiger partial charge in [-0.25, -0.2) is 4.79 Å². The molecule has 1 aromatic heterocycles. The van der Waals surface area contributed by atoms with Crippen LogP contribution in [-0.2, 0) is 22.8 Å². The molecule has 2 aromatic carbocycles. The number of nitrogens with zero attached hydrogens (tertiary/aromatic N) is 3. The molecule has 2 aliphatic rings. The molecule has 2 fully saturated rings. The van der Waals surface area contributed by atoms with Crippen LogP contribution in [0.25, 0.3) is 11.0 Å². The second-order valence-corrected chi connectivity index (χ2v) is 10.5. The molecule has 1 N–H and O–H groups in total. The Kier molecular flexibility index (Phi) is 7.11. The molecular weight excluding hydrogens is 437 g/mol. The Morgan fingerprint density at radius 2 is 1.67 bits per heavy atom. The van der Waals surface area contributed by atoms with E-state index in [1.807, 2.05) is 36.4 Å². The molecule has 8 heteroatoms. The van der Waals surface area contributed by atoms with Crippen molar-refractivity contribution in [2.45, 2.75) is 37.9 Å². The number of fused-ring (bicyclic) bond motifs is 1. The lowest BCUT2D eigenvalue weighted by atomic mass is 10.1. The van der Waals surface area contributed by atoms with E-state index in [2.05, 4.69) is 17.0 Å². The summed E-state index contributed by atoms with van der Waals surface area (Å²) in [4.78, 5) is 41.6. The van der Waals surface area contributed by atoms with Crippen molar-refractivity contribution in [1.82, 2.24) is 9.13 Å². The number of carbonyl (C=O) groups is 2. The zero-order chi connectivity index (χ0) is 23.5. The first-order valence-corrected chi connectivity index (χ1v) is 12.9. The van der Waals surface area contributed by atoms with Gasteiger partial charge in [0.1, 0.15) is 6.04 Å². The second-order valence-electron chi connectivity index (χ2n) is 8.44. The summed E-state index contributed by atoms with van der Waals surface area (Å²) in [5, 5.41) is 7.00. The normalized spacial score (nSPS) is 20.8. The number of aromatic nitrogens is 2. The van der Waals surface area contributed by atoms with Gasteiger partial charge in [0.05, 0.1) is 11.0 Å². The van der Waals surface area contributed by atoms with E-state index >= 15 is 0 Å². The molecule has 3 aromatic rings. The van der Waals surface area contributed by atoms with E-state index in [4.69, 9.17) is 5.11 Å². The van der Waals surface area contributed by atoms with Crippen molar-refractivity contribution in [2.24, 2.45) is 7.05 Å². The molecule has 33 heavy (non-hydrogen) atoms. The van der Waals surface area contributed by atoms with Crippen molar-refractivity contribution in [3.63, 3.8) is 0 Å². The standard InChI is InChI=1S/C24H26N3O3P.CH4O/c1-25-21-15-18(26-13-5-6-14-26)9-10-19(21)27(24(25)30)20-11-12-22(28)31(23(20)29)16-17-7-3-2-4-8-17;1-2/h2-4,7-10,15,20H,5-6,11-14,16H2,1H3;2H,1H3. The molecule has 0 aliphatic carbocycles. The smallest absolute Gasteiger partial charge is 0.329 e. The molecule has 7 nitrogen and oxygen atoms in total. The van der Waals surface area contributed by atoms with Gasteiger partial charge in [0.15, 0.2) is 11.0 Å². The summed E-state index contributed by atoms with van der Waals surface area (Å²) in [5.41, 5.74) is 3.52. The molecule has 3 heterocycles. The third-order valence-corrected chi connectivity index (χ3v) is 8.86. The van der Waals surface area contributed by atoms with Crippen LogP contribution in [-0.4, -0.2) is 45.5 Å². The van der Waals surface area contributed by atoms with Gasteiger partial charge in [-0.15, -0.1) is 0 Å². The summed E-state index contributed by atoms with van der Waals surface area (Å²) >= 11 is 0. The van der Waals surface area contributed by atoms with E-state index in [1.54, 1.807) is 16.2 Å². The van der Waals surface area contributed by atoms with E-state index in [1.165, 1.54) is 12.8 Å². The molecule has 0 bridgehead atoms. The molecule has 0 saturated carbocycles. The van der Waals surface area contributed by atoms with E-state index in [0.29, 0.717) is 19.0 Å². The van der Waals surface area contributed by atoms with Crippen molar-refractivity contribution < 1.29 is 14.7 Å². The molecule has 0 spiro atoms. The van der Waals surface area contributed by atoms with Gasteiger partial charge in [0.2, 0.25) is 0 Å². The average Bonchev–Trinajstić information content (AvgIpc) is 3.47. The number of imidazole rings is 1. The number of carbonyl (C=O) groups excluding carboxylic acids is 2. The zero-order valence-corrected chi connectivity index (χ0v) is 20.0. The third-order valence-electron chi connectivity index (χ3n) is 6.52. The predicted molar refractivity (Wildman–Crippen MR) is 132 cm³/mol. The van der Waals surface area contributed by atoms with Gasteiger partial charge in [-0.2, -0.15) is 0 Å². The quantitative estimate of drug-likeness (QED) is 0.593. The Morgan fingerprint density at radius 1 is 0.970 bits per heavy atom. The molecule has 2 aliphatic heterocycles. The molecule has 2 saturated heterocycles. The summed E-state index contributed by atoms with van der Waals surface area (Å²) in [6.45, 7) is 2.07. The summed E-state index contributed by atoms with van der Waals surface area (Å²) in [5.74, 6) is 0. The topological polar surface area (TPSA) is 84.5 Å². The number of aliphatic hydroxyl groups excluding tert-OH is 1. The first-order valence-electron chi connectivity index (χ1n) is 11.3. The third kappa shape index (κ3) is 4.40. The number of rotatable bonds is 4. The van der Waals surface area contributed by atoms with Crippen molar-refractivity contribution in [3.8, 4) is 0 Å². The van der Waals surface area contributed by atoms with Gasteiger partial charge in [-0.1, -0.05) is 30.3 Å². The fourth-order valence-corrected chi connectivity index (χ4v) is 6.98. The molecule has 2 unspecified atom stereocenters. The maximum atomic E-state index is 13.5. The van der Waals surface area contributed by atoms with Gasteiger partial charge in [0, 0.05) is 53.4 Å². The van der Waals surface area contributed by atoms with Gasteiger partial charge in [-0.3, -0.25) is 18.7 Å². The second kappa shape index (κ2) is 10.0. The fourth-order valence-electron chi connectivity index (χ4n) is 4.82. The van der Waals surface area contributed by atoms with Crippen LogP contribution in [0.2, 0.25) is 0 Å². The highest BCUT2D eigenvalue weighted by molar-refractivity contribution is 7.88. The minimum Gasteiger partial charge on any atom is -0.400 e. The van der Waals surface area contributed by atoms with Crippen LogP contribution < -0.4 is 10.6 Å². The number of aryl methyl sites for hydroxylation is 1. The molecule has 0 amide bonds. The highest BCUT2D eigenvalue weighted by Gasteiger charge is 2.39.